The highest BCUT2D eigenvalue weighted by atomic mass is 16.4. The first-order valence-electron chi connectivity index (χ1n) is 9.75. The van der Waals surface area contributed by atoms with Crippen molar-refractivity contribution in [2.75, 3.05) is 5.01 Å². The highest BCUT2D eigenvalue weighted by Gasteiger charge is 2.39. The summed E-state index contributed by atoms with van der Waals surface area (Å²) >= 11 is 0. The Kier molecular flexibility index (Phi) is 5.31. The van der Waals surface area contributed by atoms with Crippen LogP contribution >= 0.6 is 0 Å². The molecule has 1 amide bonds. The minimum Gasteiger partial charge on any atom is -0.494 e. The second kappa shape index (κ2) is 8.08. The molecule has 0 spiro atoms. The topological polar surface area (TPSA) is 118 Å². The fourth-order valence-corrected chi connectivity index (χ4v) is 4.09. The van der Waals surface area contributed by atoms with E-state index in [1.54, 1.807) is 12.2 Å². The summed E-state index contributed by atoms with van der Waals surface area (Å²) in [6.45, 7) is 0. The first-order valence-corrected chi connectivity index (χ1v) is 9.75. The number of aliphatic hydroxyl groups is 1. The number of hydrogen-bond donors (Lipinski definition) is 5. The number of benzene rings is 2. The molecule has 3 aromatic rings. The number of amides is 1. The maximum Gasteiger partial charge on any atom is 0.423 e. The zero-order valence-corrected chi connectivity index (χ0v) is 16.8. The molecule has 2 aromatic carbocycles. The van der Waals surface area contributed by atoms with Gasteiger partial charge in [0.2, 0.25) is 11.8 Å². The summed E-state index contributed by atoms with van der Waals surface area (Å²) in [5.41, 5.74) is 4.31. The summed E-state index contributed by atoms with van der Waals surface area (Å²) in [5.74, 6) is -1.01. The van der Waals surface area contributed by atoms with E-state index in [-0.39, 0.29) is 23.0 Å². The van der Waals surface area contributed by atoms with Gasteiger partial charge in [-0.1, -0.05) is 66.7 Å². The van der Waals surface area contributed by atoms with Crippen molar-refractivity contribution in [1.29, 1.82) is 0 Å². The Balaban J connectivity index is 1.82. The summed E-state index contributed by atoms with van der Waals surface area (Å²) in [7, 11) is 1.46. The number of aromatic nitrogens is 1. The van der Waals surface area contributed by atoms with Gasteiger partial charge < -0.3 is 20.4 Å². The molecule has 2 unspecified atom stereocenters. The maximum atomic E-state index is 11.5. The van der Waals surface area contributed by atoms with E-state index in [0.717, 1.165) is 15.7 Å². The SMILES string of the molecule is Cn1c(O)c2c(c1O)N(NC(=O)O)C(C(O)C(c1ccccc1)c1ccccc1)C=C2. The minimum atomic E-state index is -1.36. The van der Waals surface area contributed by atoms with E-state index in [0.29, 0.717) is 0 Å². The number of hydrogen-bond acceptors (Lipinski definition) is 5. The normalized spacial score (nSPS) is 16.2. The summed E-state index contributed by atoms with van der Waals surface area (Å²) < 4.78 is 1.15. The van der Waals surface area contributed by atoms with Crippen LogP contribution in [0.3, 0.4) is 0 Å². The van der Waals surface area contributed by atoms with E-state index in [1.807, 2.05) is 60.7 Å². The van der Waals surface area contributed by atoms with Crippen LogP contribution in [0.1, 0.15) is 22.6 Å². The standard InChI is InChI=1S/C23H23N3O5/c1-25-21(28)16-12-13-17(26(24-23(30)31)19(16)22(25)29)20(27)18(14-8-4-2-5-9-14)15-10-6-3-7-11-15/h2-13,17-18,20,24,27-29H,1H3,(H,30,31). The molecule has 0 fully saturated rings. The Morgan fingerprint density at radius 2 is 1.52 bits per heavy atom. The smallest absolute Gasteiger partial charge is 0.423 e. The number of rotatable bonds is 5. The molecule has 1 aliphatic heterocycles. The van der Waals surface area contributed by atoms with Crippen molar-refractivity contribution in [3.8, 4) is 11.8 Å². The third-order valence-corrected chi connectivity index (χ3v) is 5.57. The van der Waals surface area contributed by atoms with Crippen LogP contribution in [0, 0.1) is 0 Å². The van der Waals surface area contributed by atoms with Crippen LogP contribution in [-0.2, 0) is 7.05 Å². The first kappa shape index (κ1) is 20.4. The van der Waals surface area contributed by atoms with Crippen molar-refractivity contribution in [3.63, 3.8) is 0 Å². The summed E-state index contributed by atoms with van der Waals surface area (Å²) in [6, 6.07) is 18.0. The molecule has 1 aromatic heterocycles. The van der Waals surface area contributed by atoms with Crippen molar-refractivity contribution in [1.82, 2.24) is 9.99 Å². The molecule has 8 nitrogen and oxygen atoms in total. The van der Waals surface area contributed by atoms with Gasteiger partial charge in [-0.05, 0) is 17.2 Å². The number of aromatic hydroxyl groups is 2. The monoisotopic (exact) mass is 421 g/mol. The molecule has 0 aliphatic carbocycles. The molecule has 0 radical (unpaired) electrons. The van der Waals surface area contributed by atoms with Crippen molar-refractivity contribution < 1.29 is 25.2 Å². The lowest BCUT2D eigenvalue weighted by atomic mass is 9.82. The highest BCUT2D eigenvalue weighted by Crippen LogP contribution is 2.45. The number of aliphatic hydroxyl groups excluding tert-OH is 1. The van der Waals surface area contributed by atoms with E-state index < -0.39 is 24.2 Å². The average molecular weight is 421 g/mol. The number of nitrogens with zero attached hydrogens (tertiary/aromatic N) is 2. The molecule has 31 heavy (non-hydrogen) atoms. The molecule has 160 valence electrons. The van der Waals surface area contributed by atoms with E-state index in [2.05, 4.69) is 5.43 Å². The minimum absolute atomic E-state index is 0.0776. The lowest BCUT2D eigenvalue weighted by Gasteiger charge is -2.38. The Morgan fingerprint density at radius 1 is 0.968 bits per heavy atom. The Morgan fingerprint density at radius 3 is 2.03 bits per heavy atom. The van der Waals surface area contributed by atoms with Crippen LogP contribution in [0.25, 0.3) is 6.08 Å². The van der Waals surface area contributed by atoms with Crippen LogP contribution in [0.5, 0.6) is 11.8 Å². The number of carbonyl (C=O) groups is 1. The molecule has 4 rings (SSSR count). The highest BCUT2D eigenvalue weighted by molar-refractivity contribution is 5.83. The number of nitrogens with one attached hydrogen (secondary N) is 1. The van der Waals surface area contributed by atoms with Crippen LogP contribution in [0.15, 0.2) is 66.7 Å². The number of carboxylic acid groups (broad SMARTS) is 1. The number of fused-ring (bicyclic) bond motifs is 1. The van der Waals surface area contributed by atoms with Gasteiger partial charge in [-0.2, -0.15) is 0 Å². The molecule has 2 atom stereocenters. The molecular formula is C23H23N3O5. The fraction of sp³-hybridized carbons (Fsp3) is 0.174. The third kappa shape index (κ3) is 3.57. The summed E-state index contributed by atoms with van der Waals surface area (Å²) in [5, 5.41) is 43.0. The van der Waals surface area contributed by atoms with Crippen molar-refractivity contribution in [2.45, 2.75) is 18.1 Å². The fourth-order valence-electron chi connectivity index (χ4n) is 4.09. The van der Waals surface area contributed by atoms with Gasteiger partial charge in [-0.3, -0.25) is 9.58 Å². The Labute approximate surface area is 178 Å². The Bertz CT molecular complexity index is 1070. The van der Waals surface area contributed by atoms with Gasteiger partial charge in [-0.15, -0.1) is 0 Å². The maximum absolute atomic E-state index is 11.5. The van der Waals surface area contributed by atoms with E-state index >= 15 is 0 Å². The molecule has 0 saturated heterocycles. The predicted molar refractivity (Wildman–Crippen MR) is 116 cm³/mol. The largest absolute Gasteiger partial charge is 0.494 e. The predicted octanol–water partition coefficient (Wildman–Crippen LogP) is 3.01. The van der Waals surface area contributed by atoms with Gasteiger partial charge in [0.1, 0.15) is 5.69 Å². The number of hydrazine groups is 1. The van der Waals surface area contributed by atoms with Crippen LogP contribution < -0.4 is 10.4 Å². The molecule has 2 heterocycles. The molecule has 1 aliphatic rings. The van der Waals surface area contributed by atoms with Gasteiger partial charge in [0.15, 0.2) is 0 Å². The van der Waals surface area contributed by atoms with Crippen LogP contribution in [0.2, 0.25) is 0 Å². The first-order chi connectivity index (χ1) is 14.9. The van der Waals surface area contributed by atoms with Crippen molar-refractivity contribution in [3.05, 3.63) is 83.4 Å². The van der Waals surface area contributed by atoms with Crippen molar-refractivity contribution >= 4 is 17.9 Å². The molecule has 8 heteroatoms. The molecule has 0 bridgehead atoms. The molecule has 0 saturated carbocycles. The van der Waals surface area contributed by atoms with E-state index in [4.69, 9.17) is 0 Å². The van der Waals surface area contributed by atoms with Gasteiger partial charge >= 0.3 is 6.09 Å². The van der Waals surface area contributed by atoms with Crippen molar-refractivity contribution in [2.24, 2.45) is 7.05 Å². The van der Waals surface area contributed by atoms with Crippen LogP contribution in [-0.4, -0.2) is 43.2 Å². The average Bonchev–Trinajstić information content (AvgIpc) is 2.99. The second-order valence-corrected chi connectivity index (χ2v) is 7.39. The zero-order chi connectivity index (χ0) is 22.1. The lowest BCUT2D eigenvalue weighted by Crippen LogP contribution is -2.54. The van der Waals surface area contributed by atoms with E-state index in [1.165, 1.54) is 12.1 Å². The third-order valence-electron chi connectivity index (χ3n) is 5.57. The molecule has 5 N–H and O–H groups in total. The van der Waals surface area contributed by atoms with Gasteiger partial charge in [0.05, 0.1) is 17.7 Å². The summed E-state index contributed by atoms with van der Waals surface area (Å²) in [6.07, 6.45) is 0.728. The van der Waals surface area contributed by atoms with Gasteiger partial charge in [0, 0.05) is 13.0 Å². The van der Waals surface area contributed by atoms with Crippen LogP contribution in [0.4, 0.5) is 10.5 Å². The number of anilines is 1. The Hall–Kier alpha value is -3.91. The van der Waals surface area contributed by atoms with Gasteiger partial charge in [-0.25, -0.2) is 10.2 Å². The quantitative estimate of drug-likeness (QED) is 0.432. The molecular weight excluding hydrogens is 398 g/mol. The van der Waals surface area contributed by atoms with E-state index in [9.17, 15) is 25.2 Å². The summed E-state index contributed by atoms with van der Waals surface area (Å²) in [4.78, 5) is 11.5. The zero-order valence-electron chi connectivity index (χ0n) is 16.8. The van der Waals surface area contributed by atoms with Gasteiger partial charge in [0.25, 0.3) is 0 Å². The second-order valence-electron chi connectivity index (χ2n) is 7.39. The lowest BCUT2D eigenvalue weighted by molar-refractivity contribution is 0.132.